The van der Waals surface area contributed by atoms with Crippen LogP contribution < -0.4 is 5.32 Å². The Morgan fingerprint density at radius 3 is 1.94 bits per heavy atom. The van der Waals surface area contributed by atoms with Crippen molar-refractivity contribution in [2.24, 2.45) is 0 Å². The lowest BCUT2D eigenvalue weighted by Crippen LogP contribution is -2.34. The number of fused-ring (bicyclic) bond motifs is 2. The van der Waals surface area contributed by atoms with Crippen LogP contribution in [0.2, 0.25) is 0 Å². The lowest BCUT2D eigenvalue weighted by molar-refractivity contribution is 0.0954. The number of carbonyl (C=O) groups excluding carboxylic acids is 1. The second-order valence-electron chi connectivity index (χ2n) is 12.9. The molecular formula is C30H41NO. The number of benzene rings is 2. The van der Waals surface area contributed by atoms with Crippen LogP contribution in [0.25, 0.3) is 0 Å². The number of hydrogen-bond donors (Lipinski definition) is 1. The Kier molecular flexibility index (Phi) is 5.39. The van der Waals surface area contributed by atoms with Crippen molar-refractivity contribution >= 4 is 5.91 Å². The summed E-state index contributed by atoms with van der Waals surface area (Å²) >= 11 is 0. The highest BCUT2D eigenvalue weighted by molar-refractivity contribution is 5.94. The van der Waals surface area contributed by atoms with Crippen LogP contribution in [-0.4, -0.2) is 12.5 Å². The molecule has 0 unspecified atom stereocenters. The Labute approximate surface area is 195 Å². The molecule has 172 valence electrons. The van der Waals surface area contributed by atoms with E-state index in [1.165, 1.54) is 40.7 Å². The van der Waals surface area contributed by atoms with Crippen LogP contribution in [0.15, 0.2) is 36.4 Å². The molecule has 0 heterocycles. The van der Waals surface area contributed by atoms with E-state index in [1.807, 2.05) is 6.07 Å². The SMILES string of the molecule is CC1(C)CCC(C)(C)c2cc(CCNC(=O)c3ccc4c(c3)C(C)(C)CC4(C)C)ccc21. The van der Waals surface area contributed by atoms with Gasteiger partial charge in [0.2, 0.25) is 0 Å². The summed E-state index contributed by atoms with van der Waals surface area (Å²) in [5.41, 5.74) is 8.53. The maximum Gasteiger partial charge on any atom is 0.251 e. The van der Waals surface area contributed by atoms with Crippen molar-refractivity contribution in [3.8, 4) is 0 Å². The van der Waals surface area contributed by atoms with Crippen LogP contribution in [0.5, 0.6) is 0 Å². The topological polar surface area (TPSA) is 29.1 Å². The van der Waals surface area contributed by atoms with Gasteiger partial charge in [-0.05, 0) is 87.3 Å². The first-order valence-corrected chi connectivity index (χ1v) is 12.3. The summed E-state index contributed by atoms with van der Waals surface area (Å²) in [5.74, 6) is 0.0349. The summed E-state index contributed by atoms with van der Waals surface area (Å²) in [6, 6.07) is 13.3. The van der Waals surface area contributed by atoms with E-state index in [0.29, 0.717) is 6.54 Å². The molecule has 0 spiro atoms. The Morgan fingerprint density at radius 2 is 1.25 bits per heavy atom. The van der Waals surface area contributed by atoms with Gasteiger partial charge in [0.25, 0.3) is 5.91 Å². The Hall–Kier alpha value is -2.09. The van der Waals surface area contributed by atoms with Gasteiger partial charge >= 0.3 is 0 Å². The van der Waals surface area contributed by atoms with Crippen molar-refractivity contribution in [3.63, 3.8) is 0 Å². The molecule has 2 aromatic carbocycles. The third kappa shape index (κ3) is 4.02. The number of hydrogen-bond acceptors (Lipinski definition) is 1. The second-order valence-corrected chi connectivity index (χ2v) is 12.9. The molecule has 0 aromatic heterocycles. The fourth-order valence-corrected chi connectivity index (χ4v) is 6.34. The van der Waals surface area contributed by atoms with E-state index in [0.717, 1.165) is 18.4 Å². The van der Waals surface area contributed by atoms with Gasteiger partial charge in [-0.15, -0.1) is 0 Å². The normalized spacial score (nSPS) is 21.5. The Bertz CT molecular complexity index is 1050. The average Bonchev–Trinajstić information content (AvgIpc) is 2.89. The predicted octanol–water partition coefficient (Wildman–Crippen LogP) is 6.97. The van der Waals surface area contributed by atoms with Gasteiger partial charge in [0.15, 0.2) is 0 Å². The second kappa shape index (κ2) is 7.47. The van der Waals surface area contributed by atoms with Crippen molar-refractivity contribution < 1.29 is 4.79 Å². The lowest BCUT2D eigenvalue weighted by atomic mass is 9.63. The van der Waals surface area contributed by atoms with Crippen molar-refractivity contribution in [3.05, 3.63) is 69.8 Å². The number of nitrogens with one attached hydrogen (secondary N) is 1. The monoisotopic (exact) mass is 431 g/mol. The molecule has 2 aliphatic rings. The number of carbonyl (C=O) groups is 1. The summed E-state index contributed by atoms with van der Waals surface area (Å²) in [7, 11) is 0. The summed E-state index contributed by atoms with van der Waals surface area (Å²) < 4.78 is 0. The van der Waals surface area contributed by atoms with Crippen molar-refractivity contribution in [1.82, 2.24) is 5.32 Å². The van der Waals surface area contributed by atoms with Gasteiger partial charge in [-0.2, -0.15) is 0 Å². The molecule has 2 nitrogen and oxygen atoms in total. The number of amides is 1. The van der Waals surface area contributed by atoms with Crippen molar-refractivity contribution in [2.45, 2.75) is 103 Å². The quantitative estimate of drug-likeness (QED) is 0.556. The highest BCUT2D eigenvalue weighted by Crippen LogP contribution is 2.49. The molecule has 0 radical (unpaired) electrons. The van der Waals surface area contributed by atoms with Gasteiger partial charge in [-0.3, -0.25) is 4.79 Å². The van der Waals surface area contributed by atoms with Crippen LogP contribution in [-0.2, 0) is 28.1 Å². The number of rotatable bonds is 4. The highest BCUT2D eigenvalue weighted by atomic mass is 16.1. The van der Waals surface area contributed by atoms with E-state index >= 15 is 0 Å². The molecule has 0 fully saturated rings. The third-order valence-corrected chi connectivity index (χ3v) is 8.24. The van der Waals surface area contributed by atoms with E-state index in [9.17, 15) is 4.79 Å². The zero-order valence-corrected chi connectivity index (χ0v) is 21.4. The van der Waals surface area contributed by atoms with Crippen LogP contribution in [0.1, 0.15) is 113 Å². The van der Waals surface area contributed by atoms with Crippen LogP contribution in [0, 0.1) is 0 Å². The lowest BCUT2D eigenvalue weighted by Gasteiger charge is -2.42. The maximum absolute atomic E-state index is 12.9. The van der Waals surface area contributed by atoms with Crippen LogP contribution in [0.3, 0.4) is 0 Å². The first-order chi connectivity index (χ1) is 14.7. The predicted molar refractivity (Wildman–Crippen MR) is 135 cm³/mol. The largest absolute Gasteiger partial charge is 0.352 e. The summed E-state index contributed by atoms with van der Waals surface area (Å²) in [6.45, 7) is 19.3. The molecule has 1 amide bonds. The van der Waals surface area contributed by atoms with Crippen LogP contribution in [0.4, 0.5) is 0 Å². The molecule has 2 aliphatic carbocycles. The highest BCUT2D eigenvalue weighted by Gasteiger charge is 2.42. The molecular weight excluding hydrogens is 390 g/mol. The van der Waals surface area contributed by atoms with Gasteiger partial charge in [-0.1, -0.05) is 79.7 Å². The van der Waals surface area contributed by atoms with Crippen molar-refractivity contribution in [2.75, 3.05) is 6.54 Å². The maximum atomic E-state index is 12.9. The first kappa shape index (κ1) is 23.1. The van der Waals surface area contributed by atoms with E-state index in [4.69, 9.17) is 0 Å². The fraction of sp³-hybridized carbons (Fsp3) is 0.567. The summed E-state index contributed by atoms with van der Waals surface area (Å²) in [6.07, 6.45) is 4.43. The molecule has 0 aliphatic heterocycles. The van der Waals surface area contributed by atoms with Crippen LogP contribution >= 0.6 is 0 Å². The van der Waals surface area contributed by atoms with E-state index < -0.39 is 0 Å². The minimum absolute atomic E-state index is 0.0349. The minimum atomic E-state index is 0.0349. The molecule has 32 heavy (non-hydrogen) atoms. The Morgan fingerprint density at radius 1 is 0.719 bits per heavy atom. The molecule has 0 bridgehead atoms. The first-order valence-electron chi connectivity index (χ1n) is 12.3. The standard InChI is InChI=1S/C30H41NO/c1-27(2)14-15-28(3,4)24-17-20(9-11-22(24)27)13-16-31-26(32)21-10-12-23-25(18-21)30(7,8)19-29(23,5)6/h9-12,17-18H,13-16,19H2,1-8H3,(H,31,32). The summed E-state index contributed by atoms with van der Waals surface area (Å²) in [5, 5.41) is 3.16. The fourth-order valence-electron chi connectivity index (χ4n) is 6.34. The zero-order valence-electron chi connectivity index (χ0n) is 21.4. The van der Waals surface area contributed by atoms with Gasteiger partial charge in [0.1, 0.15) is 0 Å². The van der Waals surface area contributed by atoms with Crippen molar-refractivity contribution in [1.29, 1.82) is 0 Å². The van der Waals surface area contributed by atoms with E-state index in [1.54, 1.807) is 0 Å². The van der Waals surface area contributed by atoms with Gasteiger partial charge in [0, 0.05) is 12.1 Å². The van der Waals surface area contributed by atoms with Gasteiger partial charge in [-0.25, -0.2) is 0 Å². The zero-order chi connectivity index (χ0) is 23.5. The molecule has 2 heteroatoms. The molecule has 1 N–H and O–H groups in total. The molecule has 2 aromatic rings. The molecule has 4 rings (SSSR count). The molecule has 0 saturated carbocycles. The minimum Gasteiger partial charge on any atom is -0.352 e. The van der Waals surface area contributed by atoms with E-state index in [2.05, 4.69) is 91.0 Å². The smallest absolute Gasteiger partial charge is 0.251 e. The van der Waals surface area contributed by atoms with Gasteiger partial charge < -0.3 is 5.32 Å². The average molecular weight is 432 g/mol. The molecule has 0 saturated heterocycles. The third-order valence-electron chi connectivity index (χ3n) is 8.24. The van der Waals surface area contributed by atoms with E-state index in [-0.39, 0.29) is 27.6 Å². The summed E-state index contributed by atoms with van der Waals surface area (Å²) in [4.78, 5) is 12.9. The van der Waals surface area contributed by atoms with Gasteiger partial charge in [0.05, 0.1) is 0 Å². The molecule has 0 atom stereocenters. The Balaban J connectivity index is 1.46.